The molecule has 0 radical (unpaired) electrons. The van der Waals surface area contributed by atoms with Gasteiger partial charge in [-0.15, -0.1) is 0 Å². The molecule has 2 amide bonds. The molecule has 0 unspecified atom stereocenters. The van der Waals surface area contributed by atoms with Gasteiger partial charge in [-0.3, -0.25) is 0 Å². The van der Waals surface area contributed by atoms with Crippen molar-refractivity contribution in [2.75, 3.05) is 26.2 Å². The van der Waals surface area contributed by atoms with E-state index in [0.717, 1.165) is 29.3 Å². The Balaban J connectivity index is 1.68. The molecule has 0 spiro atoms. The third-order valence-electron chi connectivity index (χ3n) is 3.94. The van der Waals surface area contributed by atoms with Gasteiger partial charge in [-0.1, -0.05) is 0 Å². The molecule has 1 N–H and O–H groups in total. The Kier molecular flexibility index (Phi) is 4.24. The van der Waals surface area contributed by atoms with Crippen LogP contribution in [0.2, 0.25) is 0 Å². The van der Waals surface area contributed by atoms with E-state index in [2.05, 4.69) is 5.32 Å². The van der Waals surface area contributed by atoms with Crippen molar-refractivity contribution in [3.63, 3.8) is 0 Å². The Bertz CT molecular complexity index is 714. The zero-order valence-electron chi connectivity index (χ0n) is 12.3. The van der Waals surface area contributed by atoms with Crippen molar-refractivity contribution >= 4 is 16.1 Å². The predicted octanol–water partition coefficient (Wildman–Crippen LogP) is 1.14. The van der Waals surface area contributed by atoms with Gasteiger partial charge in [0.2, 0.25) is 10.0 Å². The van der Waals surface area contributed by atoms with E-state index >= 15 is 0 Å². The maximum Gasteiger partial charge on any atom is 0.317 e. The lowest BCUT2D eigenvalue weighted by atomic mass is 10.3. The highest BCUT2D eigenvalue weighted by Crippen LogP contribution is 2.22. The smallest absolute Gasteiger partial charge is 0.317 e. The SMILES string of the molecule is O=C(NC1CC1)N1CCN(S(=O)(=O)c2cc(F)ccc2F)CC1. The van der Waals surface area contributed by atoms with Gasteiger partial charge in [0.1, 0.15) is 16.5 Å². The monoisotopic (exact) mass is 345 g/mol. The molecule has 3 rings (SSSR count). The highest BCUT2D eigenvalue weighted by molar-refractivity contribution is 7.89. The largest absolute Gasteiger partial charge is 0.335 e. The molecule has 0 bridgehead atoms. The van der Waals surface area contributed by atoms with E-state index in [-0.39, 0.29) is 38.3 Å². The van der Waals surface area contributed by atoms with E-state index in [1.807, 2.05) is 0 Å². The van der Waals surface area contributed by atoms with Gasteiger partial charge in [-0.2, -0.15) is 4.31 Å². The highest BCUT2D eigenvalue weighted by atomic mass is 32.2. The molecule has 1 aliphatic carbocycles. The van der Waals surface area contributed by atoms with E-state index in [9.17, 15) is 22.0 Å². The molecular formula is C14H17F2N3O3S. The van der Waals surface area contributed by atoms with E-state index in [4.69, 9.17) is 0 Å². The predicted molar refractivity (Wildman–Crippen MR) is 78.2 cm³/mol. The van der Waals surface area contributed by atoms with Crippen LogP contribution in [0.3, 0.4) is 0 Å². The minimum Gasteiger partial charge on any atom is -0.335 e. The quantitative estimate of drug-likeness (QED) is 0.893. The Labute approximate surface area is 133 Å². The van der Waals surface area contributed by atoms with Crippen LogP contribution in [0.15, 0.2) is 23.1 Å². The van der Waals surface area contributed by atoms with Gasteiger partial charge < -0.3 is 10.2 Å². The maximum atomic E-state index is 13.7. The zero-order valence-corrected chi connectivity index (χ0v) is 13.2. The number of rotatable bonds is 3. The Morgan fingerprint density at radius 3 is 2.39 bits per heavy atom. The molecule has 1 heterocycles. The summed E-state index contributed by atoms with van der Waals surface area (Å²) in [5, 5.41) is 2.83. The summed E-state index contributed by atoms with van der Waals surface area (Å²) in [5.74, 6) is -1.80. The lowest BCUT2D eigenvalue weighted by Gasteiger charge is -2.34. The van der Waals surface area contributed by atoms with Crippen molar-refractivity contribution in [2.24, 2.45) is 0 Å². The summed E-state index contributed by atoms with van der Waals surface area (Å²) in [6.45, 7) is 0.538. The molecular weight excluding hydrogens is 328 g/mol. The molecule has 2 aliphatic rings. The molecule has 1 aromatic rings. The number of nitrogens with one attached hydrogen (secondary N) is 1. The van der Waals surface area contributed by atoms with Crippen LogP contribution in [-0.2, 0) is 10.0 Å². The number of nitrogens with zero attached hydrogens (tertiary/aromatic N) is 2. The van der Waals surface area contributed by atoms with Crippen molar-refractivity contribution in [3.05, 3.63) is 29.8 Å². The van der Waals surface area contributed by atoms with Crippen molar-refractivity contribution in [2.45, 2.75) is 23.8 Å². The summed E-state index contributed by atoms with van der Waals surface area (Å²) in [4.78, 5) is 12.8. The van der Waals surface area contributed by atoms with Crippen LogP contribution >= 0.6 is 0 Å². The first kappa shape index (κ1) is 16.1. The van der Waals surface area contributed by atoms with Gasteiger partial charge in [-0.05, 0) is 31.0 Å². The van der Waals surface area contributed by atoms with Crippen LogP contribution in [0.4, 0.5) is 13.6 Å². The summed E-state index contributed by atoms with van der Waals surface area (Å²) in [6.07, 6.45) is 1.94. The third kappa shape index (κ3) is 3.45. The molecule has 6 nitrogen and oxygen atoms in total. The molecule has 0 atom stereocenters. The molecule has 23 heavy (non-hydrogen) atoms. The van der Waals surface area contributed by atoms with Gasteiger partial charge in [0.25, 0.3) is 0 Å². The summed E-state index contributed by atoms with van der Waals surface area (Å²) in [6, 6.07) is 2.36. The van der Waals surface area contributed by atoms with E-state index in [0.29, 0.717) is 6.07 Å². The molecule has 0 aromatic heterocycles. The van der Waals surface area contributed by atoms with Crippen LogP contribution in [-0.4, -0.2) is 55.9 Å². The Morgan fingerprint density at radius 2 is 1.78 bits per heavy atom. The van der Waals surface area contributed by atoms with E-state index < -0.39 is 26.6 Å². The molecule has 1 aliphatic heterocycles. The number of piperazine rings is 1. The van der Waals surface area contributed by atoms with Crippen LogP contribution < -0.4 is 5.32 Å². The first-order chi connectivity index (χ1) is 10.9. The maximum absolute atomic E-state index is 13.7. The molecule has 1 aromatic carbocycles. The average molecular weight is 345 g/mol. The topological polar surface area (TPSA) is 69.7 Å². The highest BCUT2D eigenvalue weighted by Gasteiger charge is 2.33. The number of hydrogen-bond donors (Lipinski definition) is 1. The number of hydrogen-bond acceptors (Lipinski definition) is 3. The number of carbonyl (C=O) groups excluding carboxylic acids is 1. The molecule has 1 saturated heterocycles. The minimum atomic E-state index is -4.12. The summed E-state index contributed by atoms with van der Waals surface area (Å²) in [5.41, 5.74) is 0. The Hall–Kier alpha value is -1.74. The first-order valence-electron chi connectivity index (χ1n) is 7.38. The first-order valence-corrected chi connectivity index (χ1v) is 8.82. The fraction of sp³-hybridized carbons (Fsp3) is 0.500. The summed E-state index contributed by atoms with van der Waals surface area (Å²) < 4.78 is 52.9. The van der Waals surface area contributed by atoms with Crippen molar-refractivity contribution in [1.29, 1.82) is 0 Å². The normalized spacial score (nSPS) is 19.7. The van der Waals surface area contributed by atoms with Crippen LogP contribution in [0, 0.1) is 11.6 Å². The van der Waals surface area contributed by atoms with Gasteiger partial charge in [-0.25, -0.2) is 22.0 Å². The lowest BCUT2D eigenvalue weighted by molar-refractivity contribution is 0.172. The van der Waals surface area contributed by atoms with Crippen molar-refractivity contribution in [1.82, 2.24) is 14.5 Å². The van der Waals surface area contributed by atoms with Crippen molar-refractivity contribution in [3.8, 4) is 0 Å². The minimum absolute atomic E-state index is 0.0520. The van der Waals surface area contributed by atoms with Gasteiger partial charge in [0, 0.05) is 32.2 Å². The molecule has 2 fully saturated rings. The van der Waals surface area contributed by atoms with Crippen LogP contribution in [0.25, 0.3) is 0 Å². The van der Waals surface area contributed by atoms with E-state index in [1.54, 1.807) is 0 Å². The standard InChI is InChI=1S/C14H17F2N3O3S/c15-10-1-4-12(16)13(9-10)23(21,22)19-7-5-18(6-8-19)14(20)17-11-2-3-11/h1,4,9,11H,2-3,5-8H2,(H,17,20). The van der Waals surface area contributed by atoms with Gasteiger partial charge in [0.05, 0.1) is 0 Å². The molecule has 126 valence electrons. The fourth-order valence-electron chi connectivity index (χ4n) is 2.44. The zero-order chi connectivity index (χ0) is 16.6. The fourth-order valence-corrected chi connectivity index (χ4v) is 3.94. The van der Waals surface area contributed by atoms with E-state index in [1.165, 1.54) is 4.90 Å². The number of sulfonamides is 1. The van der Waals surface area contributed by atoms with Crippen LogP contribution in [0.5, 0.6) is 0 Å². The van der Waals surface area contributed by atoms with Gasteiger partial charge >= 0.3 is 6.03 Å². The second-order valence-corrected chi connectivity index (χ2v) is 7.60. The molecule has 9 heteroatoms. The second-order valence-electron chi connectivity index (χ2n) is 5.69. The average Bonchev–Trinajstić information content (AvgIpc) is 3.33. The number of carbonyl (C=O) groups is 1. The number of amides is 2. The molecule has 1 saturated carbocycles. The number of halogens is 2. The Morgan fingerprint density at radius 1 is 1.13 bits per heavy atom. The lowest BCUT2D eigenvalue weighted by Crippen LogP contribution is -2.53. The van der Waals surface area contributed by atoms with Crippen molar-refractivity contribution < 1.29 is 22.0 Å². The van der Waals surface area contributed by atoms with Gasteiger partial charge in [0.15, 0.2) is 0 Å². The summed E-state index contributed by atoms with van der Waals surface area (Å²) >= 11 is 0. The number of urea groups is 1. The number of benzene rings is 1. The summed E-state index contributed by atoms with van der Waals surface area (Å²) in [7, 11) is -4.12. The third-order valence-corrected chi connectivity index (χ3v) is 5.86. The second kappa shape index (κ2) is 6.04. The van der Waals surface area contributed by atoms with Crippen LogP contribution in [0.1, 0.15) is 12.8 Å².